The topological polar surface area (TPSA) is 26.5 Å². The van der Waals surface area contributed by atoms with Gasteiger partial charge in [0.2, 0.25) is 0 Å². The van der Waals surface area contributed by atoms with Crippen molar-refractivity contribution in [2.45, 2.75) is 59.8 Å². The molecule has 0 aliphatic carbocycles. The molecule has 0 spiro atoms. The quantitative estimate of drug-likeness (QED) is 0.514. The van der Waals surface area contributed by atoms with Gasteiger partial charge in [-0.1, -0.05) is 32.6 Å². The molecule has 1 aliphatic heterocycles. The van der Waals surface area contributed by atoms with Gasteiger partial charge in [-0.25, -0.2) is 0 Å². The van der Waals surface area contributed by atoms with E-state index in [1.165, 1.54) is 37.9 Å². The van der Waals surface area contributed by atoms with E-state index in [2.05, 4.69) is 37.2 Å². The van der Waals surface area contributed by atoms with Crippen molar-refractivity contribution in [2.75, 3.05) is 32.8 Å². The molecule has 1 heterocycles. The van der Waals surface area contributed by atoms with Crippen LogP contribution < -0.4 is 0 Å². The van der Waals surface area contributed by atoms with Gasteiger partial charge in [0.1, 0.15) is 19.6 Å². The summed E-state index contributed by atoms with van der Waals surface area (Å²) in [5, 5.41) is 9.24. The standard InChI is InChI=1S/C16H33N2O/c1-5-7-8-9-10-16(3,4)15-17(6-2)11-12-18(15)13-14-19/h19H,5-14H2,1-4H3/q+1. The fourth-order valence-electron chi connectivity index (χ4n) is 3.26. The van der Waals surface area contributed by atoms with Crippen molar-refractivity contribution < 1.29 is 9.68 Å². The van der Waals surface area contributed by atoms with Gasteiger partial charge in [-0.15, -0.1) is 0 Å². The van der Waals surface area contributed by atoms with Gasteiger partial charge < -0.3 is 5.11 Å². The van der Waals surface area contributed by atoms with Gasteiger partial charge in [-0.05, 0) is 27.2 Å². The molecule has 0 amide bonds. The highest BCUT2D eigenvalue weighted by Crippen LogP contribution is 2.29. The Morgan fingerprint density at radius 2 is 1.95 bits per heavy atom. The van der Waals surface area contributed by atoms with Crippen molar-refractivity contribution in [2.24, 2.45) is 5.41 Å². The van der Waals surface area contributed by atoms with Crippen LogP contribution in [0.2, 0.25) is 0 Å². The maximum absolute atomic E-state index is 9.24. The average molecular weight is 269 g/mol. The molecule has 0 unspecified atom stereocenters. The third-order valence-electron chi connectivity index (χ3n) is 4.25. The van der Waals surface area contributed by atoms with Crippen LogP contribution in [0.3, 0.4) is 0 Å². The number of likely N-dealkylation sites (N-methyl/N-ethyl adjacent to an activating group) is 1. The molecule has 0 saturated heterocycles. The van der Waals surface area contributed by atoms with Gasteiger partial charge in [0.15, 0.2) is 0 Å². The van der Waals surface area contributed by atoms with E-state index in [0.29, 0.717) is 0 Å². The minimum Gasteiger partial charge on any atom is -0.392 e. The van der Waals surface area contributed by atoms with Crippen molar-refractivity contribution in [1.29, 1.82) is 0 Å². The minimum absolute atomic E-state index is 0.232. The molecule has 0 bridgehead atoms. The van der Waals surface area contributed by atoms with Crippen molar-refractivity contribution in [3.05, 3.63) is 0 Å². The van der Waals surface area contributed by atoms with Gasteiger partial charge in [0, 0.05) is 0 Å². The van der Waals surface area contributed by atoms with Crippen molar-refractivity contribution in [3.8, 4) is 0 Å². The molecule has 0 fully saturated rings. The predicted octanol–water partition coefficient (Wildman–Crippen LogP) is 2.72. The van der Waals surface area contributed by atoms with Gasteiger partial charge >= 0.3 is 0 Å². The Hall–Kier alpha value is -0.570. The summed E-state index contributed by atoms with van der Waals surface area (Å²) >= 11 is 0. The third kappa shape index (κ3) is 4.48. The summed E-state index contributed by atoms with van der Waals surface area (Å²) in [6.07, 6.45) is 6.56. The Morgan fingerprint density at radius 3 is 2.53 bits per heavy atom. The average Bonchev–Trinajstić information content (AvgIpc) is 2.79. The molecule has 1 N–H and O–H groups in total. The van der Waals surface area contributed by atoms with Crippen molar-refractivity contribution in [3.63, 3.8) is 0 Å². The fourth-order valence-corrected chi connectivity index (χ4v) is 3.26. The molecule has 0 aromatic carbocycles. The Labute approximate surface area is 119 Å². The molecule has 0 radical (unpaired) electrons. The van der Waals surface area contributed by atoms with Crippen LogP contribution in [0, 0.1) is 5.41 Å². The normalized spacial score (nSPS) is 16.6. The monoisotopic (exact) mass is 269 g/mol. The second-order valence-electron chi connectivity index (χ2n) is 6.31. The van der Waals surface area contributed by atoms with Gasteiger partial charge in [0.25, 0.3) is 5.84 Å². The maximum atomic E-state index is 9.24. The SMILES string of the molecule is CCCCCCC(C)(C)C1=[N+](CCO)CCN1CC. The minimum atomic E-state index is 0.232. The summed E-state index contributed by atoms with van der Waals surface area (Å²) in [4.78, 5) is 2.50. The van der Waals surface area contributed by atoms with Crippen LogP contribution in [0.15, 0.2) is 0 Å². The molecule has 0 saturated carbocycles. The van der Waals surface area contributed by atoms with Crippen LogP contribution in [0.25, 0.3) is 0 Å². The van der Waals surface area contributed by atoms with Crippen LogP contribution in [0.5, 0.6) is 0 Å². The lowest BCUT2D eigenvalue weighted by molar-refractivity contribution is -0.523. The number of rotatable bonds is 9. The third-order valence-corrected chi connectivity index (χ3v) is 4.25. The molecule has 1 rings (SSSR count). The second-order valence-corrected chi connectivity index (χ2v) is 6.31. The lowest BCUT2D eigenvalue weighted by Crippen LogP contribution is -2.41. The highest BCUT2D eigenvalue weighted by Gasteiger charge is 2.40. The van der Waals surface area contributed by atoms with Gasteiger partial charge in [-0.2, -0.15) is 0 Å². The zero-order valence-electron chi connectivity index (χ0n) is 13.4. The molecular formula is C16H33N2O+. The lowest BCUT2D eigenvalue weighted by atomic mass is 9.84. The van der Waals surface area contributed by atoms with E-state index in [-0.39, 0.29) is 12.0 Å². The number of nitrogens with zero attached hydrogens (tertiary/aromatic N) is 2. The van der Waals surface area contributed by atoms with Crippen LogP contribution in [0.4, 0.5) is 0 Å². The zero-order valence-corrected chi connectivity index (χ0v) is 13.4. The summed E-state index contributed by atoms with van der Waals surface area (Å²) in [7, 11) is 0. The molecule has 0 aromatic rings. The maximum Gasteiger partial charge on any atom is 0.252 e. The summed E-state index contributed by atoms with van der Waals surface area (Å²) in [5.74, 6) is 1.46. The molecule has 1 aliphatic rings. The van der Waals surface area contributed by atoms with E-state index < -0.39 is 0 Å². The highest BCUT2D eigenvalue weighted by atomic mass is 16.3. The number of unbranched alkanes of at least 4 members (excludes halogenated alkanes) is 3. The van der Waals surface area contributed by atoms with Crippen molar-refractivity contribution >= 4 is 5.84 Å². The van der Waals surface area contributed by atoms with Crippen LogP contribution in [0.1, 0.15) is 59.8 Å². The summed E-state index contributed by atoms with van der Waals surface area (Å²) in [5.41, 5.74) is 0.232. The summed E-state index contributed by atoms with van der Waals surface area (Å²) < 4.78 is 2.39. The largest absolute Gasteiger partial charge is 0.392 e. The van der Waals surface area contributed by atoms with E-state index in [1.807, 2.05) is 0 Å². The van der Waals surface area contributed by atoms with Gasteiger partial charge in [-0.3, -0.25) is 9.48 Å². The van der Waals surface area contributed by atoms with E-state index in [0.717, 1.165) is 26.2 Å². The van der Waals surface area contributed by atoms with E-state index in [9.17, 15) is 5.11 Å². The number of aliphatic hydroxyl groups is 1. The first kappa shape index (κ1) is 16.5. The molecule has 3 heteroatoms. The first-order valence-electron chi connectivity index (χ1n) is 8.05. The summed E-state index contributed by atoms with van der Waals surface area (Å²) in [6, 6.07) is 0. The van der Waals surface area contributed by atoms with Crippen LogP contribution in [-0.2, 0) is 0 Å². The Balaban J connectivity index is 2.72. The fraction of sp³-hybridized carbons (Fsp3) is 0.938. The molecule has 3 nitrogen and oxygen atoms in total. The molecular weight excluding hydrogens is 236 g/mol. The smallest absolute Gasteiger partial charge is 0.252 e. The zero-order chi connectivity index (χ0) is 14.3. The molecule has 0 atom stereocenters. The van der Waals surface area contributed by atoms with Gasteiger partial charge in [0.05, 0.1) is 18.6 Å². The van der Waals surface area contributed by atoms with E-state index >= 15 is 0 Å². The van der Waals surface area contributed by atoms with Crippen LogP contribution >= 0.6 is 0 Å². The first-order chi connectivity index (χ1) is 9.06. The van der Waals surface area contributed by atoms with E-state index in [1.54, 1.807) is 0 Å². The summed E-state index contributed by atoms with van der Waals surface area (Å²) in [6.45, 7) is 13.5. The highest BCUT2D eigenvalue weighted by molar-refractivity contribution is 5.84. The predicted molar refractivity (Wildman–Crippen MR) is 81.9 cm³/mol. The first-order valence-corrected chi connectivity index (χ1v) is 8.05. The Morgan fingerprint density at radius 1 is 1.21 bits per heavy atom. The van der Waals surface area contributed by atoms with Crippen molar-refractivity contribution in [1.82, 2.24) is 4.90 Å². The van der Waals surface area contributed by atoms with E-state index in [4.69, 9.17) is 0 Å². The Kier molecular flexibility index (Phi) is 6.84. The number of hydrogen-bond donors (Lipinski definition) is 1. The van der Waals surface area contributed by atoms with Crippen LogP contribution in [-0.4, -0.2) is 53.2 Å². The number of aliphatic hydroxyl groups excluding tert-OH is 1. The molecule has 19 heavy (non-hydrogen) atoms. The lowest BCUT2D eigenvalue weighted by Gasteiger charge is -2.27. The molecule has 0 aromatic heterocycles. The Bertz CT molecular complexity index is 297. The second kappa shape index (κ2) is 7.88. The number of β-amino-alcohol motifs (C(OH)–C–C–N with tert-alkyl or cyclic N) is 1. The number of hydrogen-bond acceptors (Lipinski definition) is 2. The molecule has 112 valence electrons. The number of amidine groups is 1.